The van der Waals surface area contributed by atoms with Crippen molar-refractivity contribution in [1.29, 1.82) is 0 Å². The van der Waals surface area contributed by atoms with Crippen molar-refractivity contribution in [3.63, 3.8) is 0 Å². The third-order valence-electron chi connectivity index (χ3n) is 2.79. The van der Waals surface area contributed by atoms with Gasteiger partial charge >= 0.3 is 11.9 Å². The Kier molecular flexibility index (Phi) is 5.09. The maximum absolute atomic E-state index is 11.3. The molecule has 108 valence electrons. The number of hydrogen-bond donors (Lipinski definition) is 1. The summed E-state index contributed by atoms with van der Waals surface area (Å²) in [6.45, 7) is 0.410. The summed E-state index contributed by atoms with van der Waals surface area (Å²) in [5.74, 6) is -1.56. The van der Waals surface area contributed by atoms with E-state index >= 15 is 0 Å². The second-order valence-corrected chi connectivity index (χ2v) is 4.41. The first kappa shape index (κ1) is 14.5. The molecule has 0 saturated carbocycles. The minimum atomic E-state index is -1.02. The smallest absolute Gasteiger partial charge is 0.306 e. The maximum atomic E-state index is 11.3. The van der Waals surface area contributed by atoms with Crippen LogP contribution >= 0.6 is 0 Å². The van der Waals surface area contributed by atoms with Gasteiger partial charge in [0.1, 0.15) is 12.7 Å². The molecule has 0 radical (unpaired) electrons. The lowest BCUT2D eigenvalue weighted by Crippen LogP contribution is -2.21. The molecule has 2 atom stereocenters. The number of rotatable bonds is 6. The van der Waals surface area contributed by atoms with Crippen molar-refractivity contribution in [2.24, 2.45) is 0 Å². The van der Waals surface area contributed by atoms with E-state index in [1.807, 2.05) is 30.3 Å². The van der Waals surface area contributed by atoms with E-state index < -0.39 is 18.2 Å². The first-order valence-corrected chi connectivity index (χ1v) is 6.34. The molecule has 1 saturated heterocycles. The standard InChI is InChI=1S/C14H16O6/c15-12(16)6-7-13(17)18-8-11-9-19-14(20-11)10-4-2-1-3-5-10/h1-5,11,14H,6-9H2,(H,15,16)/t11?,14-/m0/s1. The van der Waals surface area contributed by atoms with Gasteiger partial charge < -0.3 is 19.3 Å². The maximum Gasteiger partial charge on any atom is 0.306 e. The van der Waals surface area contributed by atoms with Crippen molar-refractivity contribution in [3.05, 3.63) is 35.9 Å². The lowest BCUT2D eigenvalue weighted by Gasteiger charge is -2.11. The van der Waals surface area contributed by atoms with Crippen LogP contribution in [0.15, 0.2) is 30.3 Å². The van der Waals surface area contributed by atoms with Crippen molar-refractivity contribution >= 4 is 11.9 Å². The number of carbonyl (C=O) groups excluding carboxylic acids is 1. The number of ether oxygens (including phenoxy) is 3. The van der Waals surface area contributed by atoms with Crippen LogP contribution in [0.2, 0.25) is 0 Å². The van der Waals surface area contributed by atoms with Crippen molar-refractivity contribution in [2.75, 3.05) is 13.2 Å². The average molecular weight is 280 g/mol. The van der Waals surface area contributed by atoms with E-state index in [-0.39, 0.29) is 25.6 Å². The Morgan fingerprint density at radius 1 is 1.25 bits per heavy atom. The number of esters is 1. The van der Waals surface area contributed by atoms with Crippen molar-refractivity contribution < 1.29 is 28.9 Å². The average Bonchev–Trinajstić information content (AvgIpc) is 2.93. The molecule has 1 unspecified atom stereocenters. The van der Waals surface area contributed by atoms with Crippen LogP contribution in [0.3, 0.4) is 0 Å². The highest BCUT2D eigenvalue weighted by Gasteiger charge is 2.28. The van der Waals surface area contributed by atoms with Crippen molar-refractivity contribution in [3.8, 4) is 0 Å². The minimum absolute atomic E-state index is 0.0712. The highest BCUT2D eigenvalue weighted by molar-refractivity contribution is 5.76. The van der Waals surface area contributed by atoms with Gasteiger partial charge in [-0.25, -0.2) is 0 Å². The van der Waals surface area contributed by atoms with Gasteiger partial charge in [-0.15, -0.1) is 0 Å². The van der Waals surface area contributed by atoms with Gasteiger partial charge in [0.25, 0.3) is 0 Å². The van der Waals surface area contributed by atoms with Gasteiger partial charge in [-0.05, 0) is 0 Å². The van der Waals surface area contributed by atoms with Gasteiger partial charge in [-0.3, -0.25) is 9.59 Å². The molecule has 1 aromatic rings. The quantitative estimate of drug-likeness (QED) is 0.795. The first-order valence-electron chi connectivity index (χ1n) is 6.34. The molecule has 0 spiro atoms. The SMILES string of the molecule is O=C(O)CCC(=O)OCC1CO[C@H](c2ccccc2)O1. The molecule has 6 nitrogen and oxygen atoms in total. The van der Waals surface area contributed by atoms with Crippen molar-refractivity contribution in [2.45, 2.75) is 25.2 Å². The normalized spacial score (nSPS) is 21.6. The van der Waals surface area contributed by atoms with Crippen LogP contribution in [-0.2, 0) is 23.8 Å². The van der Waals surface area contributed by atoms with E-state index in [1.54, 1.807) is 0 Å². The summed E-state index contributed by atoms with van der Waals surface area (Å²) in [4.78, 5) is 21.6. The summed E-state index contributed by atoms with van der Waals surface area (Å²) in [7, 11) is 0. The molecule has 2 rings (SSSR count). The zero-order valence-corrected chi connectivity index (χ0v) is 10.9. The lowest BCUT2D eigenvalue weighted by molar-refractivity contribution is -0.151. The number of aliphatic carboxylic acids is 1. The summed E-state index contributed by atoms with van der Waals surface area (Å²) in [6, 6.07) is 9.47. The topological polar surface area (TPSA) is 82.1 Å². The van der Waals surface area contributed by atoms with Gasteiger partial charge in [0, 0.05) is 5.56 Å². The zero-order valence-electron chi connectivity index (χ0n) is 10.9. The zero-order chi connectivity index (χ0) is 14.4. The van der Waals surface area contributed by atoms with E-state index in [9.17, 15) is 9.59 Å². The molecular formula is C14H16O6. The van der Waals surface area contributed by atoms with Crippen LogP contribution in [0, 0.1) is 0 Å². The summed E-state index contributed by atoms with van der Waals surface area (Å²) >= 11 is 0. The Morgan fingerprint density at radius 2 is 2.00 bits per heavy atom. The van der Waals surface area contributed by atoms with Crippen LogP contribution in [0.4, 0.5) is 0 Å². The predicted octanol–water partition coefficient (Wildman–Crippen LogP) is 1.51. The highest BCUT2D eigenvalue weighted by atomic mass is 16.7. The van der Waals surface area contributed by atoms with E-state index in [2.05, 4.69) is 0 Å². The largest absolute Gasteiger partial charge is 0.481 e. The van der Waals surface area contributed by atoms with E-state index in [1.165, 1.54) is 0 Å². The van der Waals surface area contributed by atoms with Crippen LogP contribution in [0.25, 0.3) is 0 Å². The van der Waals surface area contributed by atoms with Gasteiger partial charge in [-0.1, -0.05) is 30.3 Å². The number of hydrogen-bond acceptors (Lipinski definition) is 5. The second kappa shape index (κ2) is 7.02. The minimum Gasteiger partial charge on any atom is -0.481 e. The molecule has 1 N–H and O–H groups in total. The third kappa shape index (κ3) is 4.32. The van der Waals surface area contributed by atoms with Gasteiger partial charge in [-0.2, -0.15) is 0 Å². The Bertz CT molecular complexity index is 458. The Balaban J connectivity index is 1.71. The number of carbonyl (C=O) groups is 2. The molecule has 1 aliphatic rings. The Labute approximate surface area is 116 Å². The number of carboxylic acid groups (broad SMARTS) is 1. The molecule has 1 heterocycles. The summed E-state index contributed by atoms with van der Waals surface area (Å²) < 4.78 is 16.0. The lowest BCUT2D eigenvalue weighted by atomic mass is 10.2. The molecular weight excluding hydrogens is 264 g/mol. The molecule has 1 fully saturated rings. The predicted molar refractivity (Wildman–Crippen MR) is 67.8 cm³/mol. The van der Waals surface area contributed by atoms with E-state index in [4.69, 9.17) is 19.3 Å². The van der Waals surface area contributed by atoms with Crippen molar-refractivity contribution in [1.82, 2.24) is 0 Å². The molecule has 0 aliphatic carbocycles. The summed E-state index contributed by atoms with van der Waals surface area (Å²) in [5.41, 5.74) is 0.909. The van der Waals surface area contributed by atoms with Gasteiger partial charge in [0.2, 0.25) is 0 Å². The van der Waals surface area contributed by atoms with Crippen LogP contribution in [0.5, 0.6) is 0 Å². The second-order valence-electron chi connectivity index (χ2n) is 4.41. The Hall–Kier alpha value is -1.92. The first-order chi connectivity index (χ1) is 9.65. The monoisotopic (exact) mass is 280 g/mol. The highest BCUT2D eigenvalue weighted by Crippen LogP contribution is 2.26. The summed E-state index contributed by atoms with van der Waals surface area (Å²) in [6.07, 6.45) is -1.13. The van der Waals surface area contributed by atoms with Gasteiger partial charge in [0.05, 0.1) is 19.4 Å². The molecule has 0 amide bonds. The molecule has 1 aromatic carbocycles. The van der Waals surface area contributed by atoms with Crippen LogP contribution in [-0.4, -0.2) is 36.4 Å². The Morgan fingerprint density at radius 3 is 2.70 bits per heavy atom. The molecule has 0 aromatic heterocycles. The van der Waals surface area contributed by atoms with E-state index in [0.717, 1.165) is 5.56 Å². The molecule has 0 bridgehead atoms. The van der Waals surface area contributed by atoms with E-state index in [0.29, 0.717) is 6.61 Å². The van der Waals surface area contributed by atoms with Crippen LogP contribution < -0.4 is 0 Å². The fourth-order valence-corrected chi connectivity index (χ4v) is 1.79. The number of carboxylic acids is 1. The number of benzene rings is 1. The fourth-order valence-electron chi connectivity index (χ4n) is 1.79. The molecule has 1 aliphatic heterocycles. The fraction of sp³-hybridized carbons (Fsp3) is 0.429. The molecule has 20 heavy (non-hydrogen) atoms. The molecule has 6 heteroatoms. The van der Waals surface area contributed by atoms with Crippen LogP contribution in [0.1, 0.15) is 24.7 Å². The third-order valence-corrected chi connectivity index (χ3v) is 2.79. The van der Waals surface area contributed by atoms with Gasteiger partial charge in [0.15, 0.2) is 6.29 Å². The summed E-state index contributed by atoms with van der Waals surface area (Å²) in [5, 5.41) is 8.45.